The molecule has 0 radical (unpaired) electrons. The van der Waals surface area contributed by atoms with Crippen molar-refractivity contribution in [3.8, 4) is 0 Å². The average Bonchev–Trinajstić information content (AvgIpc) is 2.81. The van der Waals surface area contributed by atoms with Gasteiger partial charge in [0.1, 0.15) is 0 Å². The highest BCUT2D eigenvalue weighted by molar-refractivity contribution is 7.90. The lowest BCUT2D eigenvalue weighted by Gasteiger charge is -2.14. The predicted octanol–water partition coefficient (Wildman–Crippen LogP) is 0.179. The minimum absolute atomic E-state index is 0. The summed E-state index contributed by atoms with van der Waals surface area (Å²) >= 11 is 0. The summed E-state index contributed by atoms with van der Waals surface area (Å²) in [6.07, 6.45) is 1.67. The molecule has 0 aromatic heterocycles. The molecule has 1 aliphatic heterocycles. The van der Waals surface area contributed by atoms with Crippen molar-refractivity contribution in [1.29, 1.82) is 0 Å². The zero-order chi connectivity index (χ0) is 9.64. The minimum Gasteiger partial charge on any atom is -0.326 e. The summed E-state index contributed by atoms with van der Waals surface area (Å²) in [5.74, 6) is 0.300. The summed E-state index contributed by atoms with van der Waals surface area (Å²) in [6.45, 7) is 3.13. The van der Waals surface area contributed by atoms with Crippen LogP contribution in [0.4, 0.5) is 0 Å². The maximum atomic E-state index is 11.8. The van der Waals surface area contributed by atoms with Crippen LogP contribution in [-0.2, 0) is 10.0 Å². The third-order valence-corrected chi connectivity index (χ3v) is 5.27. The first-order valence-electron chi connectivity index (χ1n) is 4.76. The number of rotatable bonds is 2. The van der Waals surface area contributed by atoms with Gasteiger partial charge in [0.05, 0.1) is 5.25 Å². The van der Waals surface area contributed by atoms with Gasteiger partial charge in [-0.25, -0.2) is 8.42 Å². The van der Waals surface area contributed by atoms with Gasteiger partial charge in [0, 0.05) is 19.1 Å². The van der Waals surface area contributed by atoms with Gasteiger partial charge >= 0.3 is 0 Å². The molecule has 1 saturated heterocycles. The smallest absolute Gasteiger partial charge is 0.217 e. The van der Waals surface area contributed by atoms with Crippen molar-refractivity contribution in [2.75, 3.05) is 13.1 Å². The number of sulfonamides is 1. The van der Waals surface area contributed by atoms with E-state index in [-0.39, 0.29) is 23.7 Å². The molecule has 2 rings (SSSR count). The first-order chi connectivity index (χ1) is 6.01. The molecule has 0 aromatic carbocycles. The molecular formula is C8H17ClN2O2S. The summed E-state index contributed by atoms with van der Waals surface area (Å²) in [6, 6.07) is 0.0218. The maximum absolute atomic E-state index is 11.8. The number of hydrogen-bond donors (Lipinski definition) is 1. The Kier molecular flexibility index (Phi) is 3.46. The first kappa shape index (κ1) is 12.2. The van der Waals surface area contributed by atoms with Crippen LogP contribution >= 0.6 is 12.4 Å². The Hall–Kier alpha value is 0.160. The van der Waals surface area contributed by atoms with E-state index in [0.717, 1.165) is 12.8 Å². The highest BCUT2D eigenvalue weighted by atomic mass is 35.5. The van der Waals surface area contributed by atoms with E-state index in [1.165, 1.54) is 0 Å². The van der Waals surface area contributed by atoms with E-state index in [1.54, 1.807) is 4.31 Å². The molecule has 2 unspecified atom stereocenters. The van der Waals surface area contributed by atoms with Gasteiger partial charge in [0.15, 0.2) is 0 Å². The van der Waals surface area contributed by atoms with Crippen molar-refractivity contribution in [1.82, 2.24) is 4.31 Å². The summed E-state index contributed by atoms with van der Waals surface area (Å²) in [4.78, 5) is 0. The second-order valence-corrected chi connectivity index (χ2v) is 6.42. The molecular weight excluding hydrogens is 224 g/mol. The minimum atomic E-state index is -2.98. The molecule has 2 N–H and O–H groups in total. The van der Waals surface area contributed by atoms with E-state index < -0.39 is 10.0 Å². The van der Waals surface area contributed by atoms with Gasteiger partial charge in [-0.2, -0.15) is 4.31 Å². The van der Waals surface area contributed by atoms with Gasteiger partial charge in [-0.1, -0.05) is 6.92 Å². The van der Waals surface area contributed by atoms with Gasteiger partial charge in [0.2, 0.25) is 10.0 Å². The highest BCUT2D eigenvalue weighted by Crippen LogP contribution is 2.33. The topological polar surface area (TPSA) is 63.4 Å². The molecule has 1 aliphatic carbocycles. The molecule has 84 valence electrons. The van der Waals surface area contributed by atoms with E-state index >= 15 is 0 Å². The van der Waals surface area contributed by atoms with Crippen LogP contribution in [0.5, 0.6) is 0 Å². The van der Waals surface area contributed by atoms with E-state index in [9.17, 15) is 8.42 Å². The van der Waals surface area contributed by atoms with Crippen molar-refractivity contribution in [2.24, 2.45) is 11.7 Å². The molecule has 4 nitrogen and oxygen atoms in total. The molecule has 2 atom stereocenters. The quantitative estimate of drug-likeness (QED) is 0.749. The largest absolute Gasteiger partial charge is 0.326 e. The molecule has 0 spiro atoms. The fourth-order valence-electron chi connectivity index (χ4n) is 1.73. The Morgan fingerprint density at radius 1 is 1.29 bits per heavy atom. The third-order valence-electron chi connectivity index (χ3n) is 2.94. The highest BCUT2D eigenvalue weighted by Gasteiger charge is 2.43. The van der Waals surface area contributed by atoms with E-state index in [2.05, 4.69) is 0 Å². The van der Waals surface area contributed by atoms with E-state index in [1.807, 2.05) is 6.92 Å². The van der Waals surface area contributed by atoms with Gasteiger partial charge in [-0.05, 0) is 18.8 Å². The Balaban J connectivity index is 0.000000980. The number of nitrogens with zero attached hydrogens (tertiary/aromatic N) is 1. The Labute approximate surface area is 91.3 Å². The monoisotopic (exact) mass is 240 g/mol. The van der Waals surface area contributed by atoms with Crippen LogP contribution in [0.15, 0.2) is 0 Å². The summed E-state index contributed by atoms with van der Waals surface area (Å²) < 4.78 is 25.1. The SMILES string of the molecule is CC1CN(S(=O)(=O)C2CC2)CC1N.Cl. The first-order valence-corrected chi connectivity index (χ1v) is 6.26. The number of hydrogen-bond acceptors (Lipinski definition) is 3. The molecule has 1 saturated carbocycles. The molecule has 1 heterocycles. The molecule has 2 aliphatic rings. The lowest BCUT2D eigenvalue weighted by Crippen LogP contribution is -2.34. The van der Waals surface area contributed by atoms with Gasteiger partial charge < -0.3 is 5.73 Å². The number of nitrogens with two attached hydrogens (primary N) is 1. The predicted molar refractivity (Wildman–Crippen MR) is 57.9 cm³/mol. The number of halogens is 1. The van der Waals surface area contributed by atoms with Gasteiger partial charge in [-0.3, -0.25) is 0 Å². The molecule has 0 aromatic rings. The standard InChI is InChI=1S/C8H16N2O2S.ClH/c1-6-4-10(5-8(6)9)13(11,12)7-2-3-7;/h6-8H,2-5,9H2,1H3;1H. The van der Waals surface area contributed by atoms with E-state index in [4.69, 9.17) is 5.73 Å². The zero-order valence-electron chi connectivity index (χ0n) is 8.22. The normalized spacial score (nSPS) is 34.1. The lowest BCUT2D eigenvalue weighted by atomic mass is 10.1. The third kappa shape index (κ3) is 2.05. The molecule has 6 heteroatoms. The fraction of sp³-hybridized carbons (Fsp3) is 1.00. The van der Waals surface area contributed by atoms with Crippen LogP contribution in [0.2, 0.25) is 0 Å². The van der Waals surface area contributed by atoms with Crippen LogP contribution in [0.1, 0.15) is 19.8 Å². The zero-order valence-corrected chi connectivity index (χ0v) is 9.85. The second-order valence-electron chi connectivity index (χ2n) is 4.20. The summed E-state index contributed by atoms with van der Waals surface area (Å²) in [5.41, 5.74) is 5.78. The van der Waals surface area contributed by atoms with Crippen molar-refractivity contribution < 1.29 is 8.42 Å². The maximum Gasteiger partial charge on any atom is 0.217 e. The average molecular weight is 241 g/mol. The van der Waals surface area contributed by atoms with Gasteiger partial charge in [-0.15, -0.1) is 12.4 Å². The van der Waals surface area contributed by atoms with Crippen molar-refractivity contribution in [3.63, 3.8) is 0 Å². The fourth-order valence-corrected chi connectivity index (χ4v) is 3.71. The van der Waals surface area contributed by atoms with Crippen LogP contribution in [0.3, 0.4) is 0 Å². The molecule has 2 fully saturated rings. The van der Waals surface area contributed by atoms with Crippen LogP contribution < -0.4 is 5.73 Å². The lowest BCUT2D eigenvalue weighted by molar-refractivity contribution is 0.463. The summed E-state index contributed by atoms with van der Waals surface area (Å²) in [5, 5.41) is -0.0926. The van der Waals surface area contributed by atoms with Crippen LogP contribution in [0.25, 0.3) is 0 Å². The van der Waals surface area contributed by atoms with Crippen molar-refractivity contribution in [2.45, 2.75) is 31.1 Å². The van der Waals surface area contributed by atoms with E-state index in [0.29, 0.717) is 19.0 Å². The Morgan fingerprint density at radius 2 is 1.86 bits per heavy atom. The van der Waals surface area contributed by atoms with Crippen LogP contribution in [-0.4, -0.2) is 37.1 Å². The Morgan fingerprint density at radius 3 is 2.21 bits per heavy atom. The van der Waals surface area contributed by atoms with Crippen molar-refractivity contribution >= 4 is 22.4 Å². The Bertz CT molecular complexity index is 292. The van der Waals surface area contributed by atoms with Gasteiger partial charge in [0.25, 0.3) is 0 Å². The second kappa shape index (κ2) is 3.96. The molecule has 14 heavy (non-hydrogen) atoms. The molecule has 0 amide bonds. The summed E-state index contributed by atoms with van der Waals surface area (Å²) in [7, 11) is -2.98. The van der Waals surface area contributed by atoms with Crippen molar-refractivity contribution in [3.05, 3.63) is 0 Å². The van der Waals surface area contributed by atoms with Crippen LogP contribution in [0, 0.1) is 5.92 Å². The molecule has 0 bridgehead atoms.